The van der Waals surface area contributed by atoms with Crippen LogP contribution in [0.5, 0.6) is 5.75 Å². The first-order valence-electron chi connectivity index (χ1n) is 8.16. The van der Waals surface area contributed by atoms with Gasteiger partial charge in [-0.2, -0.15) is 0 Å². The highest BCUT2D eigenvalue weighted by molar-refractivity contribution is 9.10. The molecule has 1 aromatic carbocycles. The molecule has 2 saturated heterocycles. The maximum Gasteiger partial charge on any atom is 0.339 e. The average Bonchev–Trinajstić information content (AvgIpc) is 2.95. The second-order valence-electron chi connectivity index (χ2n) is 6.43. The summed E-state index contributed by atoms with van der Waals surface area (Å²) >= 11 is 3.46. The highest BCUT2D eigenvalue weighted by Gasteiger charge is 2.45. The van der Waals surface area contributed by atoms with Crippen molar-refractivity contribution in [2.75, 3.05) is 33.5 Å². The Hall–Kier alpha value is -1.15. The van der Waals surface area contributed by atoms with Gasteiger partial charge < -0.3 is 18.9 Å². The Kier molecular flexibility index (Phi) is 4.28. The van der Waals surface area contributed by atoms with Crippen LogP contribution in [-0.4, -0.2) is 56.2 Å². The summed E-state index contributed by atoms with van der Waals surface area (Å²) in [5.41, 5.74) is 1.55. The fourth-order valence-electron chi connectivity index (χ4n) is 3.74. The Morgan fingerprint density at radius 2 is 2.17 bits per heavy atom. The van der Waals surface area contributed by atoms with Gasteiger partial charge in [-0.25, -0.2) is 4.79 Å². The molecule has 0 bridgehead atoms. The van der Waals surface area contributed by atoms with Crippen LogP contribution in [0.15, 0.2) is 16.6 Å². The van der Waals surface area contributed by atoms with Crippen molar-refractivity contribution in [2.24, 2.45) is 0 Å². The SMILES string of the molecule is COC(=O)c1cc2c(cc1Br)CN1CCC3(C[C@H]1CO2)OCCO3. The number of benzene rings is 1. The minimum atomic E-state index is -0.432. The fourth-order valence-corrected chi connectivity index (χ4v) is 4.29. The monoisotopic (exact) mass is 397 g/mol. The largest absolute Gasteiger partial charge is 0.492 e. The predicted molar refractivity (Wildman–Crippen MR) is 89.0 cm³/mol. The first-order valence-corrected chi connectivity index (χ1v) is 8.95. The number of nitrogens with zero attached hydrogens (tertiary/aromatic N) is 1. The van der Waals surface area contributed by atoms with Crippen LogP contribution in [0.3, 0.4) is 0 Å². The highest BCUT2D eigenvalue weighted by atomic mass is 79.9. The van der Waals surface area contributed by atoms with Crippen molar-refractivity contribution in [1.82, 2.24) is 4.90 Å². The van der Waals surface area contributed by atoms with Gasteiger partial charge in [0, 0.05) is 42.0 Å². The molecule has 0 radical (unpaired) electrons. The Bertz CT molecular complexity index is 659. The van der Waals surface area contributed by atoms with E-state index in [0.29, 0.717) is 25.4 Å². The van der Waals surface area contributed by atoms with Crippen LogP contribution in [0.4, 0.5) is 0 Å². The lowest BCUT2D eigenvalue weighted by Crippen LogP contribution is -2.52. The Labute approximate surface area is 149 Å². The zero-order chi connectivity index (χ0) is 16.7. The number of hydrogen-bond acceptors (Lipinski definition) is 6. The third-order valence-electron chi connectivity index (χ3n) is 5.02. The van der Waals surface area contributed by atoms with Crippen LogP contribution in [-0.2, 0) is 20.8 Å². The lowest BCUT2D eigenvalue weighted by molar-refractivity contribution is -0.199. The highest BCUT2D eigenvalue weighted by Crippen LogP contribution is 2.38. The molecule has 0 amide bonds. The topological polar surface area (TPSA) is 57.2 Å². The number of carbonyl (C=O) groups excluding carboxylic acids is 1. The van der Waals surface area contributed by atoms with Crippen molar-refractivity contribution >= 4 is 21.9 Å². The van der Waals surface area contributed by atoms with Gasteiger partial charge in [-0.1, -0.05) is 0 Å². The quantitative estimate of drug-likeness (QED) is 0.677. The van der Waals surface area contributed by atoms with E-state index in [9.17, 15) is 4.79 Å². The molecule has 130 valence electrons. The van der Waals surface area contributed by atoms with Crippen LogP contribution in [0.1, 0.15) is 28.8 Å². The molecule has 0 saturated carbocycles. The molecule has 0 aromatic heterocycles. The summed E-state index contributed by atoms with van der Waals surface area (Å²) in [6, 6.07) is 3.96. The van der Waals surface area contributed by atoms with Gasteiger partial charge in [0.15, 0.2) is 5.79 Å². The van der Waals surface area contributed by atoms with Crippen molar-refractivity contribution in [3.8, 4) is 5.75 Å². The van der Waals surface area contributed by atoms with E-state index in [2.05, 4.69) is 20.8 Å². The number of hydrogen-bond donors (Lipinski definition) is 0. The number of halogens is 1. The lowest BCUT2D eigenvalue weighted by Gasteiger charge is -2.42. The normalized spacial score (nSPS) is 25.5. The first kappa shape index (κ1) is 16.3. The molecular weight excluding hydrogens is 378 g/mol. The second kappa shape index (κ2) is 6.29. The third-order valence-corrected chi connectivity index (χ3v) is 5.67. The molecule has 24 heavy (non-hydrogen) atoms. The summed E-state index contributed by atoms with van der Waals surface area (Å²) in [5.74, 6) is -0.0593. The van der Waals surface area contributed by atoms with Crippen molar-refractivity contribution < 1.29 is 23.7 Å². The molecule has 4 rings (SSSR count). The van der Waals surface area contributed by atoms with Gasteiger partial charge in [0.2, 0.25) is 0 Å². The smallest absolute Gasteiger partial charge is 0.339 e. The average molecular weight is 398 g/mol. The van der Waals surface area contributed by atoms with Gasteiger partial charge >= 0.3 is 5.97 Å². The lowest BCUT2D eigenvalue weighted by atomic mass is 9.96. The van der Waals surface area contributed by atoms with E-state index in [1.807, 2.05) is 6.07 Å². The summed E-state index contributed by atoms with van der Waals surface area (Å²) in [5, 5.41) is 0. The Balaban J connectivity index is 1.58. The second-order valence-corrected chi connectivity index (χ2v) is 7.28. The van der Waals surface area contributed by atoms with Crippen molar-refractivity contribution in [2.45, 2.75) is 31.2 Å². The van der Waals surface area contributed by atoms with E-state index in [1.54, 1.807) is 6.07 Å². The molecule has 1 spiro atoms. The zero-order valence-corrected chi connectivity index (χ0v) is 15.1. The van der Waals surface area contributed by atoms with Crippen molar-refractivity contribution in [3.05, 3.63) is 27.7 Å². The van der Waals surface area contributed by atoms with Gasteiger partial charge in [-0.05, 0) is 28.1 Å². The Morgan fingerprint density at radius 3 is 2.92 bits per heavy atom. The minimum absolute atomic E-state index is 0.240. The molecule has 0 unspecified atom stereocenters. The molecule has 7 heteroatoms. The summed E-state index contributed by atoms with van der Waals surface area (Å²) in [4.78, 5) is 14.3. The molecule has 0 aliphatic carbocycles. The zero-order valence-electron chi connectivity index (χ0n) is 13.5. The van der Waals surface area contributed by atoms with Gasteiger partial charge in [-0.3, -0.25) is 4.90 Å². The van der Waals surface area contributed by atoms with Crippen LogP contribution in [0.25, 0.3) is 0 Å². The van der Waals surface area contributed by atoms with E-state index in [4.69, 9.17) is 18.9 Å². The molecule has 3 aliphatic rings. The molecule has 1 aromatic rings. The molecule has 6 nitrogen and oxygen atoms in total. The van der Waals surface area contributed by atoms with E-state index in [0.717, 1.165) is 41.7 Å². The first-order chi connectivity index (χ1) is 11.6. The van der Waals surface area contributed by atoms with Crippen LogP contribution in [0.2, 0.25) is 0 Å². The van der Waals surface area contributed by atoms with Crippen molar-refractivity contribution in [1.29, 1.82) is 0 Å². The molecule has 2 fully saturated rings. The van der Waals surface area contributed by atoms with Crippen LogP contribution in [0, 0.1) is 0 Å². The van der Waals surface area contributed by atoms with Gasteiger partial charge in [0.25, 0.3) is 0 Å². The van der Waals surface area contributed by atoms with Gasteiger partial charge in [0.05, 0.1) is 25.9 Å². The predicted octanol–water partition coefficient (Wildman–Crippen LogP) is 2.34. The van der Waals surface area contributed by atoms with Crippen LogP contribution < -0.4 is 4.74 Å². The van der Waals surface area contributed by atoms with Gasteiger partial charge in [-0.15, -0.1) is 0 Å². The number of carbonyl (C=O) groups is 1. The maximum atomic E-state index is 11.9. The fraction of sp³-hybridized carbons (Fsp3) is 0.588. The van der Waals surface area contributed by atoms with Crippen LogP contribution >= 0.6 is 15.9 Å². The Morgan fingerprint density at radius 1 is 1.38 bits per heavy atom. The third kappa shape index (κ3) is 2.83. The maximum absolute atomic E-state index is 11.9. The molecule has 3 aliphatic heterocycles. The number of ether oxygens (including phenoxy) is 4. The summed E-state index contributed by atoms with van der Waals surface area (Å²) in [6.07, 6.45) is 1.69. The molecule has 3 heterocycles. The van der Waals surface area contributed by atoms with Gasteiger partial charge in [0.1, 0.15) is 12.4 Å². The van der Waals surface area contributed by atoms with E-state index in [-0.39, 0.29) is 12.0 Å². The number of esters is 1. The number of methoxy groups -OCH3 is 1. The molecular formula is C17H20BrNO5. The van der Waals surface area contributed by atoms with Crippen molar-refractivity contribution in [3.63, 3.8) is 0 Å². The summed E-state index contributed by atoms with van der Waals surface area (Å²) in [6.45, 7) is 3.59. The minimum Gasteiger partial charge on any atom is -0.492 e. The standard InChI is InChI=1S/C17H20BrNO5/c1-21-16(20)13-7-15-11(6-14(13)18)9-19-3-2-17(23-4-5-24-17)8-12(19)10-22-15/h6-7,12H,2-5,8-10H2,1H3/t12-/m0/s1. The number of fused-ring (bicyclic) bond motifs is 2. The number of rotatable bonds is 1. The molecule has 1 atom stereocenters. The number of piperidine rings is 1. The van der Waals surface area contributed by atoms with E-state index in [1.165, 1.54) is 7.11 Å². The summed E-state index contributed by atoms with van der Waals surface area (Å²) in [7, 11) is 1.38. The van der Waals surface area contributed by atoms with E-state index >= 15 is 0 Å². The summed E-state index contributed by atoms with van der Waals surface area (Å²) < 4.78 is 23.3. The molecule has 0 N–H and O–H groups in total. The van der Waals surface area contributed by atoms with E-state index < -0.39 is 5.79 Å².